The number of aromatic nitrogens is 2. The topological polar surface area (TPSA) is 43.8 Å². The lowest BCUT2D eigenvalue weighted by atomic mass is 10.2. The lowest BCUT2D eigenvalue weighted by molar-refractivity contribution is 0.616. The van der Waals surface area contributed by atoms with Gasteiger partial charge in [0.15, 0.2) is 0 Å². The van der Waals surface area contributed by atoms with Gasteiger partial charge in [0.25, 0.3) is 0 Å². The molecule has 0 saturated heterocycles. The molecular formula is C13H7Br2F2N3. The van der Waals surface area contributed by atoms with Crippen LogP contribution in [0.4, 0.5) is 14.7 Å². The molecular weight excluding hydrogens is 396 g/mol. The highest BCUT2D eigenvalue weighted by molar-refractivity contribution is 9.10. The van der Waals surface area contributed by atoms with Gasteiger partial charge >= 0.3 is 0 Å². The molecule has 7 heteroatoms. The van der Waals surface area contributed by atoms with Crippen LogP contribution in [0.2, 0.25) is 0 Å². The molecule has 0 aliphatic heterocycles. The number of halogens is 4. The zero-order valence-electron chi connectivity index (χ0n) is 9.87. The summed E-state index contributed by atoms with van der Waals surface area (Å²) >= 11 is 6.27. The van der Waals surface area contributed by atoms with Gasteiger partial charge in [-0.05, 0) is 40.2 Å². The Kier molecular flexibility index (Phi) is 3.25. The summed E-state index contributed by atoms with van der Waals surface area (Å²) in [5.41, 5.74) is 6.94. The number of hydrogen-bond acceptors (Lipinski definition) is 2. The van der Waals surface area contributed by atoms with E-state index in [0.717, 1.165) is 0 Å². The second kappa shape index (κ2) is 4.82. The molecule has 1 heterocycles. The summed E-state index contributed by atoms with van der Waals surface area (Å²) in [4.78, 5) is 4.12. The minimum atomic E-state index is -0.478. The van der Waals surface area contributed by atoms with Gasteiger partial charge in [-0.25, -0.2) is 13.8 Å². The Balaban J connectivity index is 2.35. The van der Waals surface area contributed by atoms with Crippen molar-refractivity contribution >= 4 is 48.8 Å². The Morgan fingerprint density at radius 3 is 2.50 bits per heavy atom. The summed E-state index contributed by atoms with van der Waals surface area (Å²) in [6, 6.07) is 7.32. The van der Waals surface area contributed by atoms with E-state index in [1.54, 1.807) is 12.1 Å². The molecule has 0 aliphatic carbocycles. The van der Waals surface area contributed by atoms with Crippen molar-refractivity contribution in [1.29, 1.82) is 0 Å². The van der Waals surface area contributed by atoms with E-state index in [1.165, 1.54) is 22.8 Å². The van der Waals surface area contributed by atoms with Gasteiger partial charge in [-0.1, -0.05) is 15.9 Å². The van der Waals surface area contributed by atoms with Gasteiger partial charge in [0.1, 0.15) is 11.6 Å². The predicted molar refractivity (Wildman–Crippen MR) is 80.8 cm³/mol. The third-order valence-corrected chi connectivity index (χ3v) is 3.97. The normalized spacial score (nSPS) is 11.2. The molecule has 0 radical (unpaired) electrons. The molecule has 0 amide bonds. The van der Waals surface area contributed by atoms with Gasteiger partial charge in [-0.15, -0.1) is 0 Å². The van der Waals surface area contributed by atoms with Gasteiger partial charge in [0, 0.05) is 10.5 Å². The zero-order chi connectivity index (χ0) is 14.4. The number of nitrogens with zero attached hydrogens (tertiary/aromatic N) is 2. The molecule has 2 N–H and O–H groups in total. The smallest absolute Gasteiger partial charge is 0.206 e. The van der Waals surface area contributed by atoms with E-state index in [1.807, 2.05) is 0 Å². The van der Waals surface area contributed by atoms with E-state index in [2.05, 4.69) is 36.8 Å². The Hall–Kier alpha value is -1.47. The second-order valence-corrected chi connectivity index (χ2v) is 5.93. The highest BCUT2D eigenvalue weighted by Gasteiger charge is 2.15. The fourth-order valence-corrected chi connectivity index (χ4v) is 2.67. The third-order valence-electron chi connectivity index (χ3n) is 2.87. The van der Waals surface area contributed by atoms with Crippen LogP contribution in [0.25, 0.3) is 16.7 Å². The van der Waals surface area contributed by atoms with Crippen LogP contribution in [0.1, 0.15) is 0 Å². The number of hydrogen-bond donors (Lipinski definition) is 1. The van der Waals surface area contributed by atoms with Crippen molar-refractivity contribution in [3.63, 3.8) is 0 Å². The molecule has 0 unspecified atom stereocenters. The first-order valence-electron chi connectivity index (χ1n) is 5.56. The molecule has 0 spiro atoms. The fraction of sp³-hybridized carbons (Fsp3) is 0. The van der Waals surface area contributed by atoms with E-state index in [4.69, 9.17) is 5.73 Å². The molecule has 102 valence electrons. The van der Waals surface area contributed by atoms with Crippen LogP contribution >= 0.6 is 31.9 Å². The highest BCUT2D eigenvalue weighted by atomic mass is 79.9. The minimum absolute atomic E-state index is 0.0960. The lowest BCUT2D eigenvalue weighted by Crippen LogP contribution is -2.03. The van der Waals surface area contributed by atoms with Gasteiger partial charge in [-0.2, -0.15) is 0 Å². The molecule has 3 aromatic rings. The summed E-state index contributed by atoms with van der Waals surface area (Å²) in [5.74, 6) is -0.844. The van der Waals surface area contributed by atoms with Crippen molar-refractivity contribution in [3.05, 3.63) is 50.9 Å². The minimum Gasteiger partial charge on any atom is -0.369 e. The molecule has 1 aromatic heterocycles. The number of nitrogens with two attached hydrogens (primary N) is 1. The van der Waals surface area contributed by atoms with Crippen LogP contribution in [0.5, 0.6) is 0 Å². The van der Waals surface area contributed by atoms with Crippen molar-refractivity contribution in [2.75, 3.05) is 5.73 Å². The molecule has 20 heavy (non-hydrogen) atoms. The monoisotopic (exact) mass is 401 g/mol. The van der Waals surface area contributed by atoms with Gasteiger partial charge < -0.3 is 5.73 Å². The molecule has 0 bridgehead atoms. The van der Waals surface area contributed by atoms with Crippen molar-refractivity contribution in [2.45, 2.75) is 0 Å². The van der Waals surface area contributed by atoms with Crippen LogP contribution in [-0.4, -0.2) is 9.55 Å². The van der Waals surface area contributed by atoms with Crippen LogP contribution < -0.4 is 5.73 Å². The number of rotatable bonds is 1. The summed E-state index contributed by atoms with van der Waals surface area (Å²) in [5, 5.41) is 0. The molecule has 0 saturated carbocycles. The first-order valence-corrected chi connectivity index (χ1v) is 7.14. The molecule has 3 rings (SSSR count). The second-order valence-electron chi connectivity index (χ2n) is 4.16. The van der Waals surface area contributed by atoms with Gasteiger partial charge in [0.2, 0.25) is 5.95 Å². The van der Waals surface area contributed by atoms with Crippen LogP contribution in [0, 0.1) is 11.6 Å². The lowest BCUT2D eigenvalue weighted by Gasteiger charge is -2.08. The summed E-state index contributed by atoms with van der Waals surface area (Å²) in [6.07, 6.45) is 0. The molecule has 0 atom stereocenters. The Bertz CT molecular complexity index is 830. The Labute approximate surface area is 129 Å². The maximum Gasteiger partial charge on any atom is 0.206 e. The number of benzene rings is 2. The quantitative estimate of drug-likeness (QED) is 0.655. The molecule has 0 aliphatic rings. The van der Waals surface area contributed by atoms with Crippen LogP contribution in [-0.2, 0) is 0 Å². The maximum atomic E-state index is 14.1. The molecule has 3 nitrogen and oxygen atoms in total. The standard InChI is InChI=1S/C13H7Br2F2N3/c14-6-1-2-11(9(17)3-6)20-12-5-8(16)7(15)4-10(12)19-13(20)18/h1-5H,(H2,18,19). The Morgan fingerprint density at radius 1 is 1.05 bits per heavy atom. The van der Waals surface area contributed by atoms with E-state index >= 15 is 0 Å². The number of imidazole rings is 1. The van der Waals surface area contributed by atoms with Crippen molar-refractivity contribution in [3.8, 4) is 5.69 Å². The third kappa shape index (κ3) is 2.10. The number of anilines is 1. The van der Waals surface area contributed by atoms with Crippen molar-refractivity contribution in [2.24, 2.45) is 0 Å². The average molecular weight is 403 g/mol. The highest BCUT2D eigenvalue weighted by Crippen LogP contribution is 2.29. The van der Waals surface area contributed by atoms with Gasteiger partial charge in [0.05, 0.1) is 21.2 Å². The van der Waals surface area contributed by atoms with Crippen LogP contribution in [0.15, 0.2) is 39.3 Å². The van der Waals surface area contributed by atoms with Crippen LogP contribution in [0.3, 0.4) is 0 Å². The molecule has 0 fully saturated rings. The summed E-state index contributed by atoms with van der Waals surface area (Å²) in [7, 11) is 0. The first kappa shape index (κ1) is 13.5. The Morgan fingerprint density at radius 2 is 1.80 bits per heavy atom. The van der Waals surface area contributed by atoms with Crippen molar-refractivity contribution < 1.29 is 8.78 Å². The largest absolute Gasteiger partial charge is 0.369 e. The summed E-state index contributed by atoms with van der Waals surface area (Å²) < 4.78 is 30.0. The van der Waals surface area contributed by atoms with E-state index < -0.39 is 11.6 Å². The molecule has 2 aromatic carbocycles. The van der Waals surface area contributed by atoms with Crippen molar-refractivity contribution in [1.82, 2.24) is 9.55 Å². The number of nitrogen functional groups attached to an aromatic ring is 1. The van der Waals surface area contributed by atoms with E-state index in [0.29, 0.717) is 15.5 Å². The van der Waals surface area contributed by atoms with E-state index in [9.17, 15) is 8.78 Å². The first-order chi connectivity index (χ1) is 9.47. The SMILES string of the molecule is Nc1nc2cc(Br)c(F)cc2n1-c1ccc(Br)cc1F. The average Bonchev–Trinajstić information content (AvgIpc) is 2.66. The van der Waals surface area contributed by atoms with E-state index in [-0.39, 0.29) is 16.1 Å². The fourth-order valence-electron chi connectivity index (χ4n) is 2.01. The maximum absolute atomic E-state index is 14.1. The zero-order valence-corrected chi connectivity index (χ0v) is 13.0. The van der Waals surface area contributed by atoms with Gasteiger partial charge in [-0.3, -0.25) is 4.57 Å². The number of fused-ring (bicyclic) bond motifs is 1. The predicted octanol–water partition coefficient (Wildman–Crippen LogP) is 4.41. The summed E-state index contributed by atoms with van der Waals surface area (Å²) in [6.45, 7) is 0.